The number of hydrogen-bond acceptors (Lipinski definition) is 5. The van der Waals surface area contributed by atoms with Gasteiger partial charge in [0.15, 0.2) is 0 Å². The van der Waals surface area contributed by atoms with Crippen molar-refractivity contribution < 1.29 is 4.74 Å². The number of nitrogens with zero attached hydrogens (tertiary/aromatic N) is 2. The minimum absolute atomic E-state index is 0. The van der Waals surface area contributed by atoms with E-state index in [1.165, 1.54) is 5.56 Å². The van der Waals surface area contributed by atoms with Gasteiger partial charge in [-0.2, -0.15) is 4.98 Å². The fourth-order valence-electron chi connectivity index (χ4n) is 1.70. The first-order valence-electron chi connectivity index (χ1n) is 5.71. The molecule has 2 aromatic rings. The third-order valence-corrected chi connectivity index (χ3v) is 2.61. The van der Waals surface area contributed by atoms with Crippen LogP contribution in [0.1, 0.15) is 5.56 Å². The summed E-state index contributed by atoms with van der Waals surface area (Å²) in [7, 11) is 1.55. The van der Waals surface area contributed by atoms with Crippen LogP contribution in [0.25, 0.3) is 11.3 Å². The van der Waals surface area contributed by atoms with E-state index in [-0.39, 0.29) is 18.4 Å². The predicted molar refractivity (Wildman–Crippen MR) is 78.4 cm³/mol. The summed E-state index contributed by atoms with van der Waals surface area (Å²) in [6.07, 6.45) is 0.871. The third-order valence-electron chi connectivity index (χ3n) is 2.61. The molecule has 0 aliphatic heterocycles. The molecule has 0 spiro atoms. The Bertz CT molecular complexity index is 531. The van der Waals surface area contributed by atoms with Crippen LogP contribution >= 0.6 is 12.4 Å². The molecule has 0 fully saturated rings. The van der Waals surface area contributed by atoms with Crippen LogP contribution in [0.15, 0.2) is 30.3 Å². The number of ether oxygens (including phenoxy) is 1. The van der Waals surface area contributed by atoms with Gasteiger partial charge < -0.3 is 16.2 Å². The summed E-state index contributed by atoms with van der Waals surface area (Å²) in [6.45, 7) is 0.646. The van der Waals surface area contributed by atoms with Crippen LogP contribution in [0.5, 0.6) is 5.88 Å². The summed E-state index contributed by atoms with van der Waals surface area (Å²) in [6, 6.07) is 9.81. The van der Waals surface area contributed by atoms with E-state index >= 15 is 0 Å². The minimum atomic E-state index is 0. The van der Waals surface area contributed by atoms with E-state index in [1.807, 2.05) is 24.3 Å². The quantitative estimate of drug-likeness (QED) is 0.889. The molecule has 4 N–H and O–H groups in total. The van der Waals surface area contributed by atoms with Crippen LogP contribution in [-0.2, 0) is 6.42 Å². The Morgan fingerprint density at radius 3 is 2.42 bits per heavy atom. The lowest BCUT2D eigenvalue weighted by molar-refractivity contribution is 0.398. The highest BCUT2D eigenvalue weighted by Gasteiger charge is 2.05. The summed E-state index contributed by atoms with van der Waals surface area (Å²) in [5.41, 5.74) is 14.1. The standard InChI is InChI=1S/C13H16N4O.ClH/c1-18-12-8-11(16-13(15)17-12)10-4-2-9(3-5-10)6-7-14;/h2-5,8H,6-7,14H2,1H3,(H2,15,16,17);1H. The van der Waals surface area contributed by atoms with Gasteiger partial charge in [0.1, 0.15) is 0 Å². The van der Waals surface area contributed by atoms with Crippen molar-refractivity contribution in [2.24, 2.45) is 5.73 Å². The molecule has 5 nitrogen and oxygen atoms in total. The van der Waals surface area contributed by atoms with Crippen LogP contribution in [0.3, 0.4) is 0 Å². The Labute approximate surface area is 118 Å². The van der Waals surface area contributed by atoms with Crippen LogP contribution in [-0.4, -0.2) is 23.6 Å². The highest BCUT2D eigenvalue weighted by Crippen LogP contribution is 2.22. The molecular formula is C13H17ClN4O. The van der Waals surface area contributed by atoms with Crippen LogP contribution in [0, 0.1) is 0 Å². The molecule has 1 aromatic heterocycles. The first-order chi connectivity index (χ1) is 8.72. The van der Waals surface area contributed by atoms with E-state index in [4.69, 9.17) is 16.2 Å². The Morgan fingerprint density at radius 2 is 1.84 bits per heavy atom. The largest absolute Gasteiger partial charge is 0.481 e. The zero-order chi connectivity index (χ0) is 13.0. The molecule has 19 heavy (non-hydrogen) atoms. The normalized spacial score (nSPS) is 9.79. The molecule has 102 valence electrons. The number of nitrogen functional groups attached to an aromatic ring is 1. The Morgan fingerprint density at radius 1 is 1.16 bits per heavy atom. The van der Waals surface area contributed by atoms with E-state index in [9.17, 15) is 0 Å². The summed E-state index contributed by atoms with van der Waals surface area (Å²) >= 11 is 0. The van der Waals surface area contributed by atoms with Crippen LogP contribution < -0.4 is 16.2 Å². The molecule has 0 aliphatic carbocycles. The van der Waals surface area contributed by atoms with Gasteiger partial charge in [0.05, 0.1) is 12.8 Å². The van der Waals surface area contributed by atoms with E-state index in [0.717, 1.165) is 17.7 Å². The second kappa shape index (κ2) is 6.92. The van der Waals surface area contributed by atoms with Crippen molar-refractivity contribution in [1.29, 1.82) is 0 Å². The van der Waals surface area contributed by atoms with Gasteiger partial charge in [0.25, 0.3) is 0 Å². The topological polar surface area (TPSA) is 87.0 Å². The SMILES string of the molecule is COc1cc(-c2ccc(CCN)cc2)nc(N)n1.Cl. The number of anilines is 1. The number of methoxy groups -OCH3 is 1. The first-order valence-corrected chi connectivity index (χ1v) is 5.71. The van der Waals surface area contributed by atoms with E-state index in [2.05, 4.69) is 9.97 Å². The van der Waals surface area contributed by atoms with Gasteiger partial charge in [-0.15, -0.1) is 12.4 Å². The Balaban J connectivity index is 0.00000180. The van der Waals surface area contributed by atoms with Gasteiger partial charge in [-0.25, -0.2) is 4.98 Å². The summed E-state index contributed by atoms with van der Waals surface area (Å²) in [5.74, 6) is 0.666. The highest BCUT2D eigenvalue weighted by molar-refractivity contribution is 5.85. The molecule has 1 aromatic carbocycles. The summed E-state index contributed by atoms with van der Waals surface area (Å²) < 4.78 is 5.07. The van der Waals surface area contributed by atoms with Crippen molar-refractivity contribution in [1.82, 2.24) is 9.97 Å². The number of halogens is 1. The smallest absolute Gasteiger partial charge is 0.223 e. The highest BCUT2D eigenvalue weighted by atomic mass is 35.5. The maximum Gasteiger partial charge on any atom is 0.223 e. The number of hydrogen-bond donors (Lipinski definition) is 2. The zero-order valence-corrected chi connectivity index (χ0v) is 11.5. The van der Waals surface area contributed by atoms with Gasteiger partial charge in [-0.1, -0.05) is 24.3 Å². The Hall–Kier alpha value is -1.85. The predicted octanol–water partition coefficient (Wildman–Crippen LogP) is 1.66. The lowest BCUT2D eigenvalue weighted by Crippen LogP contribution is -2.02. The van der Waals surface area contributed by atoms with Crippen LogP contribution in [0.4, 0.5) is 5.95 Å². The molecule has 0 aliphatic rings. The lowest BCUT2D eigenvalue weighted by atomic mass is 10.1. The average molecular weight is 281 g/mol. The Kier molecular flexibility index (Phi) is 5.54. The molecule has 6 heteroatoms. The molecule has 0 amide bonds. The van der Waals surface area contributed by atoms with Crippen molar-refractivity contribution in [3.63, 3.8) is 0 Å². The van der Waals surface area contributed by atoms with Gasteiger partial charge in [0.2, 0.25) is 11.8 Å². The number of aromatic nitrogens is 2. The van der Waals surface area contributed by atoms with Crippen molar-refractivity contribution in [2.45, 2.75) is 6.42 Å². The summed E-state index contributed by atoms with van der Waals surface area (Å²) in [4.78, 5) is 8.14. The van der Waals surface area contributed by atoms with Crippen molar-refractivity contribution in [3.8, 4) is 17.1 Å². The molecular weight excluding hydrogens is 264 g/mol. The van der Waals surface area contributed by atoms with Crippen LogP contribution in [0.2, 0.25) is 0 Å². The second-order valence-electron chi connectivity index (χ2n) is 3.89. The van der Waals surface area contributed by atoms with Crippen molar-refractivity contribution in [3.05, 3.63) is 35.9 Å². The number of nitrogens with two attached hydrogens (primary N) is 2. The second-order valence-corrected chi connectivity index (χ2v) is 3.89. The van der Waals surface area contributed by atoms with Gasteiger partial charge in [-0.3, -0.25) is 0 Å². The molecule has 2 rings (SSSR count). The van der Waals surface area contributed by atoms with Crippen molar-refractivity contribution in [2.75, 3.05) is 19.4 Å². The fourth-order valence-corrected chi connectivity index (χ4v) is 1.70. The molecule has 1 heterocycles. The lowest BCUT2D eigenvalue weighted by Gasteiger charge is -2.06. The van der Waals surface area contributed by atoms with E-state index in [1.54, 1.807) is 13.2 Å². The van der Waals surface area contributed by atoms with E-state index in [0.29, 0.717) is 12.4 Å². The molecule has 0 bridgehead atoms. The number of rotatable bonds is 4. The number of benzene rings is 1. The maximum atomic E-state index is 5.63. The fraction of sp³-hybridized carbons (Fsp3) is 0.231. The molecule has 0 saturated carbocycles. The molecule has 0 radical (unpaired) electrons. The summed E-state index contributed by atoms with van der Waals surface area (Å²) in [5, 5.41) is 0. The zero-order valence-electron chi connectivity index (χ0n) is 10.7. The average Bonchev–Trinajstić information content (AvgIpc) is 2.39. The first kappa shape index (κ1) is 15.2. The minimum Gasteiger partial charge on any atom is -0.481 e. The molecule has 0 atom stereocenters. The monoisotopic (exact) mass is 280 g/mol. The van der Waals surface area contributed by atoms with Gasteiger partial charge in [0, 0.05) is 11.6 Å². The van der Waals surface area contributed by atoms with Gasteiger partial charge in [-0.05, 0) is 18.5 Å². The van der Waals surface area contributed by atoms with Gasteiger partial charge >= 0.3 is 0 Å². The maximum absolute atomic E-state index is 5.63. The van der Waals surface area contributed by atoms with E-state index < -0.39 is 0 Å². The third kappa shape index (κ3) is 3.81. The molecule has 0 saturated heterocycles. The van der Waals surface area contributed by atoms with Crippen molar-refractivity contribution >= 4 is 18.4 Å². The molecule has 0 unspecified atom stereocenters.